The fourth-order valence-electron chi connectivity index (χ4n) is 5.47. The Bertz CT molecular complexity index is 1510. The number of furan rings is 1. The molecule has 2 aliphatic rings. The molecule has 0 unspecified atom stereocenters. The van der Waals surface area contributed by atoms with E-state index in [-0.39, 0.29) is 37.3 Å². The minimum Gasteiger partial charge on any atom is -0.493 e. The Labute approximate surface area is 265 Å². The molecule has 2 atom stereocenters. The molecule has 1 fully saturated rings. The van der Waals surface area contributed by atoms with Crippen molar-refractivity contribution < 1.29 is 42.2 Å². The summed E-state index contributed by atoms with van der Waals surface area (Å²) in [6.45, 7) is 1.27. The van der Waals surface area contributed by atoms with Crippen LogP contribution in [0.1, 0.15) is 46.4 Å². The molecule has 244 valence electrons. The van der Waals surface area contributed by atoms with Gasteiger partial charge in [-0.05, 0) is 67.8 Å². The molecule has 3 aromatic rings. The largest absolute Gasteiger partial charge is 0.493 e. The lowest BCUT2D eigenvalue weighted by molar-refractivity contribution is -0.140. The normalized spacial score (nSPS) is 19.5. The SMILES string of the molecule is COc1ccc2cc1O[C@H]1C[C@@H](C(=O)NCCCCN(C(=O)c3ccoc3)CCCNC2=O)N(C(=O)COc2ccc(F)cc2)C1. The van der Waals surface area contributed by atoms with Crippen LogP contribution in [-0.4, -0.2) is 92.0 Å². The molecule has 3 heterocycles. The van der Waals surface area contributed by atoms with Crippen LogP contribution >= 0.6 is 0 Å². The number of nitrogens with one attached hydrogen (secondary N) is 2. The van der Waals surface area contributed by atoms with Gasteiger partial charge in [-0.3, -0.25) is 19.2 Å². The molecule has 46 heavy (non-hydrogen) atoms. The molecule has 0 spiro atoms. The molecule has 4 bridgehead atoms. The molecule has 2 aliphatic heterocycles. The number of hydrogen-bond donors (Lipinski definition) is 2. The zero-order valence-corrected chi connectivity index (χ0v) is 25.5. The van der Waals surface area contributed by atoms with Crippen molar-refractivity contribution in [2.45, 2.75) is 37.8 Å². The summed E-state index contributed by atoms with van der Waals surface area (Å²) in [6.07, 6.45) is 4.19. The average molecular weight is 637 g/mol. The Balaban J connectivity index is 1.34. The zero-order chi connectivity index (χ0) is 32.5. The van der Waals surface area contributed by atoms with Crippen LogP contribution in [0.4, 0.5) is 4.39 Å². The van der Waals surface area contributed by atoms with Gasteiger partial charge >= 0.3 is 0 Å². The van der Waals surface area contributed by atoms with E-state index < -0.39 is 23.9 Å². The molecule has 5 rings (SSSR count). The number of halogens is 1. The minimum atomic E-state index is -0.840. The Morgan fingerprint density at radius 1 is 1.00 bits per heavy atom. The van der Waals surface area contributed by atoms with Crippen LogP contribution in [0.15, 0.2) is 65.5 Å². The Kier molecular flexibility index (Phi) is 10.7. The number of benzene rings is 2. The molecule has 2 aromatic carbocycles. The summed E-state index contributed by atoms with van der Waals surface area (Å²) in [5.74, 6) is -0.709. The van der Waals surface area contributed by atoms with Crippen LogP contribution in [0.3, 0.4) is 0 Å². The van der Waals surface area contributed by atoms with E-state index in [4.69, 9.17) is 18.6 Å². The highest BCUT2D eigenvalue weighted by Crippen LogP contribution is 2.32. The third kappa shape index (κ3) is 8.14. The van der Waals surface area contributed by atoms with Crippen molar-refractivity contribution in [2.75, 3.05) is 46.4 Å². The third-order valence-corrected chi connectivity index (χ3v) is 7.88. The summed E-state index contributed by atoms with van der Waals surface area (Å²) in [5, 5.41) is 5.82. The van der Waals surface area contributed by atoms with Crippen LogP contribution in [0.25, 0.3) is 0 Å². The molecule has 2 N–H and O–H groups in total. The maximum absolute atomic E-state index is 13.4. The van der Waals surface area contributed by atoms with E-state index in [0.717, 1.165) is 0 Å². The van der Waals surface area contributed by atoms with Crippen molar-refractivity contribution in [3.8, 4) is 17.2 Å². The lowest BCUT2D eigenvalue weighted by Crippen LogP contribution is -2.47. The smallest absolute Gasteiger partial charge is 0.261 e. The van der Waals surface area contributed by atoms with Gasteiger partial charge in [-0.2, -0.15) is 0 Å². The number of methoxy groups -OCH3 is 1. The van der Waals surface area contributed by atoms with Crippen molar-refractivity contribution in [3.05, 3.63) is 78.0 Å². The Morgan fingerprint density at radius 2 is 1.78 bits per heavy atom. The topological polar surface area (TPSA) is 140 Å². The summed E-state index contributed by atoms with van der Waals surface area (Å²) >= 11 is 0. The van der Waals surface area contributed by atoms with Crippen LogP contribution < -0.4 is 24.8 Å². The number of amides is 4. The molecule has 4 amide bonds. The second-order valence-corrected chi connectivity index (χ2v) is 11.1. The van der Waals surface area contributed by atoms with Crippen LogP contribution in [-0.2, 0) is 9.59 Å². The quantitative estimate of drug-likeness (QED) is 0.436. The van der Waals surface area contributed by atoms with E-state index in [9.17, 15) is 23.6 Å². The molecule has 12 nitrogen and oxygen atoms in total. The summed E-state index contributed by atoms with van der Waals surface area (Å²) in [4.78, 5) is 56.0. The zero-order valence-electron chi connectivity index (χ0n) is 25.5. The molecule has 0 aliphatic carbocycles. The number of carbonyl (C=O) groups is 4. The number of fused-ring (bicyclic) bond motifs is 4. The average Bonchev–Trinajstić information content (AvgIpc) is 3.75. The predicted molar refractivity (Wildman–Crippen MR) is 163 cm³/mol. The summed E-state index contributed by atoms with van der Waals surface area (Å²) in [7, 11) is 1.48. The molecule has 13 heteroatoms. The first-order valence-corrected chi connectivity index (χ1v) is 15.2. The number of hydrogen-bond acceptors (Lipinski definition) is 8. The highest BCUT2D eigenvalue weighted by atomic mass is 19.1. The Morgan fingerprint density at radius 3 is 2.54 bits per heavy atom. The number of carbonyl (C=O) groups excluding carboxylic acids is 4. The van der Waals surface area contributed by atoms with Crippen molar-refractivity contribution in [3.63, 3.8) is 0 Å². The van der Waals surface area contributed by atoms with Gasteiger partial charge in [0.25, 0.3) is 17.7 Å². The van der Waals surface area contributed by atoms with Gasteiger partial charge in [-0.1, -0.05) is 0 Å². The summed E-state index contributed by atoms with van der Waals surface area (Å²) < 4.78 is 35.7. The number of ether oxygens (including phenoxy) is 3. The van der Waals surface area contributed by atoms with Crippen molar-refractivity contribution in [1.82, 2.24) is 20.4 Å². The minimum absolute atomic E-state index is 0.0916. The molecule has 1 aromatic heterocycles. The second-order valence-electron chi connectivity index (χ2n) is 11.1. The van der Waals surface area contributed by atoms with Gasteiger partial charge in [0.05, 0.1) is 25.5 Å². The van der Waals surface area contributed by atoms with E-state index in [1.54, 1.807) is 29.2 Å². The first-order valence-electron chi connectivity index (χ1n) is 15.2. The van der Waals surface area contributed by atoms with Crippen LogP contribution in [0.5, 0.6) is 17.2 Å². The van der Waals surface area contributed by atoms with Crippen molar-refractivity contribution in [1.29, 1.82) is 0 Å². The first-order chi connectivity index (χ1) is 22.3. The van der Waals surface area contributed by atoms with E-state index >= 15 is 0 Å². The standard InChI is InChI=1S/C33H37FN4O8/c1-43-28-10-5-22-17-29(28)46-26-18-27(38(19-26)30(39)21-45-25-8-6-24(34)7-9-25)32(41)36-12-2-3-14-37(15-4-13-35-31(22)40)33(42)23-11-16-44-20-23/h5-11,16-17,20,26-27H,2-4,12-15,18-19,21H2,1H3,(H,35,40)(H,36,41)/t26-,27-/m0/s1. The Hall–Kier alpha value is -5.07. The van der Waals surface area contributed by atoms with Gasteiger partial charge in [-0.15, -0.1) is 0 Å². The molecular formula is C33H37FN4O8. The van der Waals surface area contributed by atoms with E-state index in [1.807, 2.05) is 0 Å². The van der Waals surface area contributed by atoms with Gasteiger partial charge < -0.3 is 39.1 Å². The van der Waals surface area contributed by atoms with Gasteiger partial charge in [-0.25, -0.2) is 4.39 Å². The highest BCUT2D eigenvalue weighted by Gasteiger charge is 2.41. The first kappa shape index (κ1) is 32.3. The van der Waals surface area contributed by atoms with E-state index in [2.05, 4.69) is 10.6 Å². The predicted octanol–water partition coefficient (Wildman–Crippen LogP) is 3.03. The van der Waals surface area contributed by atoms with Gasteiger partial charge in [0.2, 0.25) is 5.91 Å². The van der Waals surface area contributed by atoms with E-state index in [1.165, 1.54) is 48.8 Å². The maximum atomic E-state index is 13.4. The maximum Gasteiger partial charge on any atom is 0.261 e. The molecular weight excluding hydrogens is 599 g/mol. The van der Waals surface area contributed by atoms with Crippen molar-refractivity contribution >= 4 is 23.6 Å². The lowest BCUT2D eigenvalue weighted by atomic mass is 10.1. The van der Waals surface area contributed by atoms with Gasteiger partial charge in [0.15, 0.2) is 18.1 Å². The van der Waals surface area contributed by atoms with Gasteiger partial charge in [0.1, 0.15) is 30.0 Å². The van der Waals surface area contributed by atoms with Crippen molar-refractivity contribution in [2.24, 2.45) is 0 Å². The van der Waals surface area contributed by atoms with E-state index in [0.29, 0.717) is 73.8 Å². The van der Waals surface area contributed by atoms with Gasteiger partial charge in [0, 0.05) is 38.2 Å². The number of nitrogens with zero attached hydrogens (tertiary/aromatic N) is 2. The van der Waals surface area contributed by atoms with Crippen LogP contribution in [0, 0.1) is 5.82 Å². The fourth-order valence-corrected chi connectivity index (χ4v) is 5.47. The molecule has 0 saturated carbocycles. The highest BCUT2D eigenvalue weighted by molar-refractivity contribution is 5.95. The van der Waals surface area contributed by atoms with Crippen LogP contribution in [0.2, 0.25) is 0 Å². The lowest BCUT2D eigenvalue weighted by Gasteiger charge is -2.24. The third-order valence-electron chi connectivity index (χ3n) is 7.88. The summed E-state index contributed by atoms with van der Waals surface area (Å²) in [6, 6.07) is 10.9. The second kappa shape index (κ2) is 15.3. The monoisotopic (exact) mass is 636 g/mol. The molecule has 0 radical (unpaired) electrons. The summed E-state index contributed by atoms with van der Waals surface area (Å²) in [5.41, 5.74) is 0.776. The molecule has 1 saturated heterocycles. The number of rotatable bonds is 5. The fraction of sp³-hybridized carbons (Fsp3) is 0.394. The number of likely N-dealkylation sites (tertiary alicyclic amines) is 1.